The van der Waals surface area contributed by atoms with E-state index in [0.29, 0.717) is 34.8 Å². The summed E-state index contributed by atoms with van der Waals surface area (Å²) >= 11 is 0.910. The first-order valence-electron chi connectivity index (χ1n) is 18.4. The average molecular weight is 876 g/mol. The van der Waals surface area contributed by atoms with Crippen molar-refractivity contribution in [1.82, 2.24) is 25.5 Å². The van der Waals surface area contributed by atoms with Crippen molar-refractivity contribution in [3.63, 3.8) is 0 Å². The van der Waals surface area contributed by atoms with Gasteiger partial charge in [-0.1, -0.05) is 17.4 Å². The van der Waals surface area contributed by atoms with Gasteiger partial charge >= 0.3 is 5.00 Å². The molecule has 0 saturated carbocycles. The van der Waals surface area contributed by atoms with Crippen LogP contribution in [0.25, 0.3) is 6.08 Å². The van der Waals surface area contributed by atoms with E-state index in [2.05, 4.69) is 36.0 Å². The number of amides is 6. The normalized spacial score (nSPS) is 15.0. The molecule has 6 amide bonds. The van der Waals surface area contributed by atoms with Crippen LogP contribution in [0.4, 0.5) is 22.2 Å². The number of ether oxygens (including phenoxy) is 2. The molecule has 61 heavy (non-hydrogen) atoms. The van der Waals surface area contributed by atoms with Gasteiger partial charge in [0.25, 0.3) is 27.7 Å². The third kappa shape index (κ3) is 10.7. The number of nitrogens with one attached hydrogen (secondary N) is 5. The SMILES string of the molecule is COc1nc(CCCNC(=O)COCCNc2cccc3c2C(=O)N(C2CCC(=O)NC2=O)C3=O)cnc1NS(=O)(=O)c1ccc(NC(=O)/C=C/c2ccc([N+](=O)[O-])s2)cc1. The van der Waals surface area contributed by atoms with Crippen LogP contribution in [0.1, 0.15) is 50.5 Å². The van der Waals surface area contributed by atoms with Crippen LogP contribution in [0.3, 0.4) is 0 Å². The van der Waals surface area contributed by atoms with Crippen LogP contribution in [0.5, 0.6) is 5.88 Å². The van der Waals surface area contributed by atoms with Crippen molar-refractivity contribution >= 4 is 85.1 Å². The van der Waals surface area contributed by atoms with Gasteiger partial charge in [0.1, 0.15) is 12.6 Å². The number of aromatic nitrogens is 2. The van der Waals surface area contributed by atoms with Gasteiger partial charge in [-0.15, -0.1) is 0 Å². The van der Waals surface area contributed by atoms with Crippen molar-refractivity contribution in [2.75, 3.05) is 48.8 Å². The van der Waals surface area contributed by atoms with Crippen molar-refractivity contribution in [3.05, 3.63) is 98.7 Å². The van der Waals surface area contributed by atoms with E-state index in [-0.39, 0.29) is 77.8 Å². The van der Waals surface area contributed by atoms with E-state index in [1.54, 1.807) is 12.1 Å². The molecular formula is C38H37N9O12S2. The zero-order valence-corrected chi connectivity index (χ0v) is 33.8. The Balaban J connectivity index is 0.900. The summed E-state index contributed by atoms with van der Waals surface area (Å²) in [5.41, 5.74) is 1.38. The second-order valence-electron chi connectivity index (χ2n) is 13.2. The lowest BCUT2D eigenvalue weighted by Gasteiger charge is -2.27. The highest BCUT2D eigenvalue weighted by Gasteiger charge is 2.45. The third-order valence-corrected chi connectivity index (χ3v) is 11.4. The van der Waals surface area contributed by atoms with E-state index in [4.69, 9.17) is 9.47 Å². The second-order valence-corrected chi connectivity index (χ2v) is 16.0. The van der Waals surface area contributed by atoms with Crippen LogP contribution in [-0.2, 0) is 40.4 Å². The summed E-state index contributed by atoms with van der Waals surface area (Å²) in [6, 6.07) is 11.8. The van der Waals surface area contributed by atoms with Gasteiger partial charge in [-0.25, -0.2) is 18.4 Å². The van der Waals surface area contributed by atoms with Gasteiger partial charge in [0.2, 0.25) is 29.4 Å². The number of fused-ring (bicyclic) bond motifs is 1. The van der Waals surface area contributed by atoms with Gasteiger partial charge in [0.15, 0.2) is 0 Å². The quantitative estimate of drug-likeness (QED) is 0.0297. The molecule has 2 aromatic carbocycles. The Kier molecular flexibility index (Phi) is 13.8. The Morgan fingerprint density at radius 1 is 1.07 bits per heavy atom. The van der Waals surface area contributed by atoms with Gasteiger partial charge in [-0.2, -0.15) is 0 Å². The number of carbonyl (C=O) groups is 6. The van der Waals surface area contributed by atoms with Gasteiger partial charge in [-0.05, 0) is 67.8 Å². The molecule has 6 rings (SSSR count). The van der Waals surface area contributed by atoms with Crippen LogP contribution in [0.15, 0.2) is 71.8 Å². The molecule has 4 aromatic rings. The molecule has 0 aliphatic carbocycles. The van der Waals surface area contributed by atoms with Crippen LogP contribution in [0.2, 0.25) is 0 Å². The Bertz CT molecular complexity index is 2530. The molecule has 0 spiro atoms. The summed E-state index contributed by atoms with van der Waals surface area (Å²) in [6.45, 7) is 0.286. The largest absolute Gasteiger partial charge is 0.478 e. The number of carbonyl (C=O) groups excluding carboxylic acids is 6. The zero-order chi connectivity index (χ0) is 43.7. The monoisotopic (exact) mass is 875 g/mol. The first-order chi connectivity index (χ1) is 29.2. The number of thiophene rings is 1. The Morgan fingerprint density at radius 2 is 1.85 bits per heavy atom. The number of nitrogens with zero attached hydrogens (tertiary/aromatic N) is 4. The number of anilines is 3. The molecule has 1 fully saturated rings. The molecule has 2 aliphatic rings. The Labute approximate surface area is 351 Å². The highest BCUT2D eigenvalue weighted by atomic mass is 32.2. The first-order valence-corrected chi connectivity index (χ1v) is 20.7. The van der Waals surface area contributed by atoms with Crippen LogP contribution >= 0.6 is 11.3 Å². The number of piperidine rings is 1. The third-order valence-electron chi connectivity index (χ3n) is 9.03. The molecule has 1 unspecified atom stereocenters. The number of benzene rings is 2. The summed E-state index contributed by atoms with van der Waals surface area (Å²) in [7, 11) is -2.85. The molecule has 2 aliphatic heterocycles. The fourth-order valence-corrected chi connectivity index (χ4v) is 7.88. The smallest absolute Gasteiger partial charge is 0.324 e. The van der Waals surface area contributed by atoms with E-state index in [1.807, 2.05) is 0 Å². The minimum absolute atomic E-state index is 0.0104. The summed E-state index contributed by atoms with van der Waals surface area (Å²) in [5.74, 6) is -3.58. The number of nitro groups is 1. The van der Waals surface area contributed by atoms with E-state index in [1.165, 1.54) is 67.9 Å². The fraction of sp³-hybridized carbons (Fsp3) is 0.263. The van der Waals surface area contributed by atoms with Crippen molar-refractivity contribution < 1.29 is 51.6 Å². The minimum Gasteiger partial charge on any atom is -0.478 e. The lowest BCUT2D eigenvalue weighted by molar-refractivity contribution is -0.380. The number of aryl methyl sites for hydroxylation is 1. The van der Waals surface area contributed by atoms with Gasteiger partial charge in [0.05, 0.1) is 46.6 Å². The molecule has 1 saturated heterocycles. The predicted octanol–water partition coefficient (Wildman–Crippen LogP) is 2.49. The number of methoxy groups -OCH3 is 1. The van der Waals surface area contributed by atoms with E-state index >= 15 is 0 Å². The van der Waals surface area contributed by atoms with E-state index in [9.17, 15) is 47.3 Å². The molecule has 0 bridgehead atoms. The molecule has 4 heterocycles. The Morgan fingerprint density at radius 3 is 2.57 bits per heavy atom. The maximum Gasteiger partial charge on any atom is 0.324 e. The first kappa shape index (κ1) is 43.5. The highest BCUT2D eigenvalue weighted by molar-refractivity contribution is 7.92. The number of sulfonamides is 1. The molecule has 0 radical (unpaired) electrons. The number of hydrogen-bond donors (Lipinski definition) is 5. The maximum atomic E-state index is 13.2. The topological polar surface area (TPSA) is 287 Å². The highest BCUT2D eigenvalue weighted by Crippen LogP contribution is 2.32. The van der Waals surface area contributed by atoms with E-state index < -0.39 is 50.5 Å². The maximum absolute atomic E-state index is 13.2. The molecule has 1 atom stereocenters. The van der Waals surface area contributed by atoms with Crippen molar-refractivity contribution in [2.24, 2.45) is 0 Å². The minimum atomic E-state index is -4.15. The van der Waals surface area contributed by atoms with Gasteiger partial charge in [-0.3, -0.25) is 53.8 Å². The number of hydrogen-bond acceptors (Lipinski definition) is 16. The van der Waals surface area contributed by atoms with E-state index in [0.717, 1.165) is 16.2 Å². The van der Waals surface area contributed by atoms with Gasteiger partial charge < -0.3 is 25.4 Å². The molecule has 318 valence electrons. The number of imide groups is 2. The molecule has 5 N–H and O–H groups in total. The standard InChI is InChI=1S/C38H37N9O12S2/c1-58-36-34(45-61(56,57)25-11-7-22(8-12-25)42-29(48)14-9-24-10-16-32(60-24)47(54)55)41-20-23(43-36)4-3-17-40-31(50)21-59-19-18-39-27-6-2-5-26-33(27)38(53)46(37(26)52)28-13-15-30(49)44-35(28)51/h2,5-12,14,16,20,28,39H,3-4,13,15,17-19,21H2,1H3,(H,40,50)(H,41,45)(H,42,48)(H,44,49,51)/b14-9+. The van der Waals surface area contributed by atoms with Crippen LogP contribution < -0.4 is 30.7 Å². The summed E-state index contributed by atoms with van der Waals surface area (Å²) in [4.78, 5) is 94.9. The van der Waals surface area contributed by atoms with Crippen molar-refractivity contribution in [3.8, 4) is 5.88 Å². The summed E-state index contributed by atoms with van der Waals surface area (Å²) < 4.78 is 39.3. The van der Waals surface area contributed by atoms with Crippen LogP contribution in [-0.4, -0.2) is 103 Å². The second kappa shape index (κ2) is 19.3. The molecular weight excluding hydrogens is 839 g/mol. The fourth-order valence-electron chi connectivity index (χ4n) is 6.15. The van der Waals surface area contributed by atoms with Gasteiger partial charge in [0, 0.05) is 47.9 Å². The molecule has 23 heteroatoms. The molecule has 21 nitrogen and oxygen atoms in total. The lowest BCUT2D eigenvalue weighted by Crippen LogP contribution is -2.54. The average Bonchev–Trinajstić information content (AvgIpc) is 3.82. The van der Waals surface area contributed by atoms with Crippen molar-refractivity contribution in [1.29, 1.82) is 0 Å². The number of rotatable bonds is 19. The zero-order valence-electron chi connectivity index (χ0n) is 32.2. The van der Waals surface area contributed by atoms with Crippen molar-refractivity contribution in [2.45, 2.75) is 36.6 Å². The van der Waals surface area contributed by atoms with Crippen LogP contribution in [0, 0.1) is 10.1 Å². The summed E-state index contributed by atoms with van der Waals surface area (Å²) in [6.07, 6.45) is 4.86. The lowest BCUT2D eigenvalue weighted by atomic mass is 10.0. The Hall–Kier alpha value is -7.11. The summed E-state index contributed by atoms with van der Waals surface area (Å²) in [5, 5.41) is 21.3. The predicted molar refractivity (Wildman–Crippen MR) is 218 cm³/mol. The molecule has 2 aromatic heterocycles.